The lowest BCUT2D eigenvalue weighted by molar-refractivity contribution is -0.119. The van der Waals surface area contributed by atoms with Crippen LogP contribution in [0, 0.1) is 6.92 Å². The molecule has 0 aliphatic carbocycles. The first-order valence-corrected chi connectivity index (χ1v) is 6.45. The van der Waals surface area contributed by atoms with Crippen LogP contribution in [0.25, 0.3) is 0 Å². The Balaban J connectivity index is 2.45. The molecular formula is C11H17N3O4S. The number of amides is 1. The summed E-state index contributed by atoms with van der Waals surface area (Å²) in [5, 5.41) is 6.04. The van der Waals surface area contributed by atoms with Crippen LogP contribution in [0.5, 0.6) is 0 Å². The lowest BCUT2D eigenvalue weighted by atomic mass is 10.4. The summed E-state index contributed by atoms with van der Waals surface area (Å²) >= 11 is 1.30. The summed E-state index contributed by atoms with van der Waals surface area (Å²) in [5.41, 5.74) is 0.273. The zero-order valence-corrected chi connectivity index (χ0v) is 11.9. The summed E-state index contributed by atoms with van der Waals surface area (Å²) < 4.78 is 9.42. The van der Waals surface area contributed by atoms with Crippen LogP contribution in [0.2, 0.25) is 0 Å². The van der Waals surface area contributed by atoms with Gasteiger partial charge in [0.1, 0.15) is 0 Å². The largest absolute Gasteiger partial charge is 0.464 e. The fraction of sp³-hybridized carbons (Fsp3) is 0.545. The van der Waals surface area contributed by atoms with Crippen LogP contribution < -0.4 is 10.6 Å². The van der Waals surface area contributed by atoms with Crippen LogP contribution in [-0.2, 0) is 14.3 Å². The first kappa shape index (κ1) is 15.4. The molecule has 7 nitrogen and oxygen atoms in total. The van der Waals surface area contributed by atoms with E-state index in [0.717, 1.165) is 4.88 Å². The number of hydrogen-bond donors (Lipinski definition) is 2. The van der Waals surface area contributed by atoms with E-state index in [1.54, 1.807) is 14.0 Å². The monoisotopic (exact) mass is 287 g/mol. The predicted molar refractivity (Wildman–Crippen MR) is 71.6 cm³/mol. The lowest BCUT2D eigenvalue weighted by Crippen LogP contribution is -2.32. The molecule has 0 fully saturated rings. The third kappa shape index (κ3) is 4.84. The highest BCUT2D eigenvalue weighted by atomic mass is 32.1. The van der Waals surface area contributed by atoms with Crippen molar-refractivity contribution in [2.75, 3.05) is 39.2 Å². The first-order chi connectivity index (χ1) is 9.08. The van der Waals surface area contributed by atoms with Crippen LogP contribution >= 0.6 is 11.3 Å². The van der Waals surface area contributed by atoms with Crippen molar-refractivity contribution in [3.63, 3.8) is 0 Å². The van der Waals surface area contributed by atoms with Gasteiger partial charge >= 0.3 is 5.97 Å². The van der Waals surface area contributed by atoms with Crippen molar-refractivity contribution < 1.29 is 19.1 Å². The van der Waals surface area contributed by atoms with E-state index in [4.69, 9.17) is 4.74 Å². The molecule has 0 atom stereocenters. The molecule has 0 spiro atoms. The molecule has 0 saturated carbocycles. The molecule has 2 N–H and O–H groups in total. The number of ether oxygens (including phenoxy) is 2. The van der Waals surface area contributed by atoms with Gasteiger partial charge in [-0.25, -0.2) is 9.78 Å². The van der Waals surface area contributed by atoms with Crippen molar-refractivity contribution in [3.05, 3.63) is 10.6 Å². The van der Waals surface area contributed by atoms with Crippen molar-refractivity contribution in [2.24, 2.45) is 0 Å². The van der Waals surface area contributed by atoms with E-state index in [2.05, 4.69) is 20.4 Å². The number of anilines is 1. The number of carbonyl (C=O) groups is 2. The SMILES string of the molecule is COCCNC(=O)CNc1nc(C(=O)OC)c(C)s1. The van der Waals surface area contributed by atoms with E-state index in [-0.39, 0.29) is 18.1 Å². The second-order valence-corrected chi connectivity index (χ2v) is 4.81. The summed E-state index contributed by atoms with van der Waals surface area (Å²) in [4.78, 5) is 27.6. The minimum Gasteiger partial charge on any atom is -0.464 e. The van der Waals surface area contributed by atoms with Crippen LogP contribution in [-0.4, -0.2) is 50.8 Å². The quantitative estimate of drug-likeness (QED) is 0.558. The van der Waals surface area contributed by atoms with Gasteiger partial charge in [0.15, 0.2) is 10.8 Å². The molecule has 0 aliphatic heterocycles. The minimum absolute atomic E-state index is 0.0945. The maximum absolute atomic E-state index is 11.4. The van der Waals surface area contributed by atoms with Gasteiger partial charge in [-0.05, 0) is 6.92 Å². The third-order valence-corrected chi connectivity index (χ3v) is 3.13. The Morgan fingerprint density at radius 2 is 2.11 bits per heavy atom. The molecule has 1 rings (SSSR count). The molecule has 19 heavy (non-hydrogen) atoms. The molecule has 1 heterocycles. The number of methoxy groups -OCH3 is 2. The van der Waals surface area contributed by atoms with E-state index in [1.807, 2.05) is 0 Å². The fourth-order valence-electron chi connectivity index (χ4n) is 1.27. The van der Waals surface area contributed by atoms with Gasteiger partial charge in [0.25, 0.3) is 0 Å². The van der Waals surface area contributed by atoms with Gasteiger partial charge in [-0.15, -0.1) is 11.3 Å². The Kier molecular flexibility index (Phi) is 6.23. The van der Waals surface area contributed by atoms with Gasteiger partial charge in [-0.1, -0.05) is 0 Å². The Morgan fingerprint density at radius 3 is 2.74 bits per heavy atom. The highest BCUT2D eigenvalue weighted by Gasteiger charge is 2.15. The number of aromatic nitrogens is 1. The zero-order chi connectivity index (χ0) is 14.3. The summed E-state index contributed by atoms with van der Waals surface area (Å²) in [7, 11) is 2.87. The second-order valence-electron chi connectivity index (χ2n) is 3.61. The molecule has 1 aromatic rings. The molecule has 1 amide bonds. The van der Waals surface area contributed by atoms with Gasteiger partial charge in [0, 0.05) is 18.5 Å². The number of carbonyl (C=O) groups excluding carboxylic acids is 2. The second kappa shape index (κ2) is 7.70. The third-order valence-electron chi connectivity index (χ3n) is 2.20. The smallest absolute Gasteiger partial charge is 0.357 e. The number of thiazole rings is 1. The Hall–Kier alpha value is -1.67. The summed E-state index contributed by atoms with van der Waals surface area (Å²) in [6.07, 6.45) is 0. The molecule has 0 bridgehead atoms. The van der Waals surface area contributed by atoms with Gasteiger partial charge in [-0.2, -0.15) is 0 Å². The average Bonchev–Trinajstić information content (AvgIpc) is 2.77. The Labute approximate surface area is 115 Å². The lowest BCUT2D eigenvalue weighted by Gasteiger charge is -2.04. The van der Waals surface area contributed by atoms with Gasteiger partial charge in [0.05, 0.1) is 20.3 Å². The highest BCUT2D eigenvalue weighted by molar-refractivity contribution is 7.15. The molecular weight excluding hydrogens is 270 g/mol. The molecule has 0 radical (unpaired) electrons. The normalized spacial score (nSPS) is 10.1. The van der Waals surface area contributed by atoms with Gasteiger partial charge in [-0.3, -0.25) is 4.79 Å². The molecule has 0 aromatic carbocycles. The number of esters is 1. The predicted octanol–water partition coefficient (Wildman–Crippen LogP) is 0.413. The molecule has 8 heteroatoms. The van der Waals surface area contributed by atoms with E-state index in [0.29, 0.717) is 18.3 Å². The summed E-state index contributed by atoms with van der Waals surface area (Å²) in [6, 6.07) is 0. The first-order valence-electron chi connectivity index (χ1n) is 5.63. The standard InChI is InChI=1S/C11H17N3O4S/c1-7-9(10(16)18-3)14-11(19-7)13-6-8(15)12-4-5-17-2/h4-6H2,1-3H3,(H,12,15)(H,13,14). The van der Waals surface area contributed by atoms with Crippen LogP contribution in [0.3, 0.4) is 0 Å². The Bertz CT molecular complexity index is 447. The van der Waals surface area contributed by atoms with Gasteiger partial charge in [0.2, 0.25) is 5.91 Å². The van der Waals surface area contributed by atoms with Crippen molar-refractivity contribution >= 4 is 28.3 Å². The highest BCUT2D eigenvalue weighted by Crippen LogP contribution is 2.22. The van der Waals surface area contributed by atoms with Crippen molar-refractivity contribution in [1.82, 2.24) is 10.3 Å². The molecule has 0 unspecified atom stereocenters. The van der Waals surface area contributed by atoms with E-state index in [9.17, 15) is 9.59 Å². The average molecular weight is 287 g/mol. The fourth-order valence-corrected chi connectivity index (χ4v) is 2.07. The number of nitrogens with one attached hydrogen (secondary N) is 2. The van der Waals surface area contributed by atoms with Crippen molar-refractivity contribution in [1.29, 1.82) is 0 Å². The van der Waals surface area contributed by atoms with Crippen LogP contribution in [0.15, 0.2) is 0 Å². The number of hydrogen-bond acceptors (Lipinski definition) is 7. The topological polar surface area (TPSA) is 89.5 Å². The molecule has 0 saturated heterocycles. The maximum atomic E-state index is 11.4. The van der Waals surface area contributed by atoms with E-state index < -0.39 is 5.97 Å². The zero-order valence-electron chi connectivity index (χ0n) is 11.1. The number of nitrogens with zero attached hydrogens (tertiary/aromatic N) is 1. The molecule has 106 valence electrons. The van der Waals surface area contributed by atoms with Crippen molar-refractivity contribution in [3.8, 4) is 0 Å². The molecule has 0 aliphatic rings. The Morgan fingerprint density at radius 1 is 1.37 bits per heavy atom. The van der Waals surface area contributed by atoms with E-state index in [1.165, 1.54) is 18.4 Å². The van der Waals surface area contributed by atoms with Crippen LogP contribution in [0.1, 0.15) is 15.4 Å². The van der Waals surface area contributed by atoms with Crippen molar-refractivity contribution in [2.45, 2.75) is 6.92 Å². The van der Waals surface area contributed by atoms with Gasteiger partial charge < -0.3 is 20.1 Å². The summed E-state index contributed by atoms with van der Waals surface area (Å²) in [5.74, 6) is -0.643. The number of aryl methyl sites for hydroxylation is 1. The maximum Gasteiger partial charge on any atom is 0.357 e. The van der Waals surface area contributed by atoms with E-state index >= 15 is 0 Å². The van der Waals surface area contributed by atoms with Crippen LogP contribution in [0.4, 0.5) is 5.13 Å². The molecule has 1 aromatic heterocycles. The summed E-state index contributed by atoms with van der Waals surface area (Å²) in [6.45, 7) is 2.79. The minimum atomic E-state index is -0.480. The number of rotatable bonds is 7.